The van der Waals surface area contributed by atoms with Gasteiger partial charge in [0.15, 0.2) is 11.6 Å². The molecule has 2 aromatic rings. The predicted octanol–water partition coefficient (Wildman–Crippen LogP) is 3.00. The fraction of sp³-hybridized carbons (Fsp3) is 0.440. The number of hydrazone groups is 1. The van der Waals surface area contributed by atoms with Gasteiger partial charge < -0.3 is 19.7 Å². The van der Waals surface area contributed by atoms with Crippen LogP contribution in [0.5, 0.6) is 0 Å². The summed E-state index contributed by atoms with van der Waals surface area (Å²) in [6.45, 7) is 3.98. The maximum absolute atomic E-state index is 14.2. The third-order valence-corrected chi connectivity index (χ3v) is 7.05. The largest absolute Gasteiger partial charge is 0.381 e. The van der Waals surface area contributed by atoms with Gasteiger partial charge in [-0.2, -0.15) is 10.1 Å². The minimum atomic E-state index is -0.462. The van der Waals surface area contributed by atoms with Gasteiger partial charge in [0.2, 0.25) is 5.95 Å². The van der Waals surface area contributed by atoms with Gasteiger partial charge >= 0.3 is 0 Å². The molecular formula is C25H28FN7O2. The second-order valence-corrected chi connectivity index (χ2v) is 9.31. The fourth-order valence-corrected chi connectivity index (χ4v) is 5.11. The molecule has 3 fully saturated rings. The summed E-state index contributed by atoms with van der Waals surface area (Å²) in [4.78, 5) is 14.6. The van der Waals surface area contributed by atoms with E-state index >= 15 is 0 Å². The molecule has 4 heterocycles. The van der Waals surface area contributed by atoms with E-state index in [0.717, 1.165) is 37.9 Å². The van der Waals surface area contributed by atoms with Crippen LogP contribution >= 0.6 is 0 Å². The summed E-state index contributed by atoms with van der Waals surface area (Å²) in [7, 11) is 0. The molecule has 0 bridgehead atoms. The van der Waals surface area contributed by atoms with E-state index in [0.29, 0.717) is 43.8 Å². The van der Waals surface area contributed by atoms with Gasteiger partial charge in [-0.15, -0.1) is 0 Å². The maximum Gasteiger partial charge on any atom is 0.245 e. The molecule has 3 atom stereocenters. The van der Waals surface area contributed by atoms with E-state index in [1.165, 1.54) is 5.57 Å². The molecule has 3 unspecified atom stereocenters. The zero-order valence-corrected chi connectivity index (χ0v) is 19.4. The number of allylic oxidation sites excluding steroid dienone is 2. The van der Waals surface area contributed by atoms with Crippen LogP contribution in [0.1, 0.15) is 18.5 Å². The highest BCUT2D eigenvalue weighted by Gasteiger charge is 2.56. The number of hydrogen-bond acceptors (Lipinski definition) is 9. The van der Waals surface area contributed by atoms with E-state index in [9.17, 15) is 4.39 Å². The monoisotopic (exact) mass is 477 g/mol. The smallest absolute Gasteiger partial charge is 0.245 e. The Morgan fingerprint density at radius 1 is 1.14 bits per heavy atom. The molecule has 2 N–H and O–H groups in total. The number of nitrogens with one attached hydrogen (secondary N) is 2. The number of ether oxygens (including phenoxy) is 2. The van der Waals surface area contributed by atoms with Crippen LogP contribution < -0.4 is 15.6 Å². The molecule has 2 aliphatic heterocycles. The van der Waals surface area contributed by atoms with Crippen LogP contribution in [0.3, 0.4) is 0 Å². The van der Waals surface area contributed by atoms with Crippen molar-refractivity contribution < 1.29 is 13.9 Å². The molecule has 0 radical (unpaired) electrons. The number of halogens is 1. The topological polar surface area (TPSA) is 96.8 Å². The van der Waals surface area contributed by atoms with Crippen molar-refractivity contribution in [2.24, 2.45) is 16.9 Å². The van der Waals surface area contributed by atoms with Gasteiger partial charge in [-0.05, 0) is 25.0 Å². The van der Waals surface area contributed by atoms with Crippen molar-refractivity contribution >= 4 is 23.7 Å². The van der Waals surface area contributed by atoms with Crippen LogP contribution in [-0.2, 0) is 9.47 Å². The zero-order chi connectivity index (χ0) is 23.7. The quantitative estimate of drug-likeness (QED) is 0.464. The van der Waals surface area contributed by atoms with E-state index in [-0.39, 0.29) is 17.3 Å². The normalized spacial score (nSPS) is 27.6. The number of anilines is 3. The molecule has 182 valence electrons. The number of hydrogen-bond donors (Lipinski definition) is 2. The van der Waals surface area contributed by atoms with Crippen LogP contribution in [0.25, 0.3) is 0 Å². The van der Waals surface area contributed by atoms with Crippen molar-refractivity contribution in [2.45, 2.75) is 18.4 Å². The first kappa shape index (κ1) is 22.1. The van der Waals surface area contributed by atoms with Crippen molar-refractivity contribution in [1.29, 1.82) is 0 Å². The average Bonchev–Trinajstić information content (AvgIpc) is 3.35. The summed E-state index contributed by atoms with van der Waals surface area (Å²) in [5, 5.41) is 7.85. The molecule has 6 rings (SSSR count). The van der Waals surface area contributed by atoms with E-state index in [4.69, 9.17) is 9.47 Å². The summed E-state index contributed by atoms with van der Waals surface area (Å²) in [5.74, 6) is 1.09. The third kappa shape index (κ3) is 4.63. The second kappa shape index (κ2) is 9.35. The van der Waals surface area contributed by atoms with Gasteiger partial charge in [-0.25, -0.2) is 14.8 Å². The number of morpholine rings is 1. The van der Waals surface area contributed by atoms with Crippen molar-refractivity contribution in [3.63, 3.8) is 0 Å². The Labute approximate surface area is 203 Å². The van der Waals surface area contributed by atoms with Crippen LogP contribution in [0.2, 0.25) is 0 Å². The average molecular weight is 478 g/mol. The van der Waals surface area contributed by atoms with Gasteiger partial charge in [-0.3, -0.25) is 4.98 Å². The van der Waals surface area contributed by atoms with Gasteiger partial charge in [0.05, 0.1) is 55.3 Å². The van der Waals surface area contributed by atoms with Gasteiger partial charge in [0.25, 0.3) is 0 Å². The molecule has 0 aromatic carbocycles. The lowest BCUT2D eigenvalue weighted by Gasteiger charge is -2.27. The van der Waals surface area contributed by atoms with Crippen molar-refractivity contribution in [3.8, 4) is 0 Å². The standard InChI is InChI=1S/C25H28FN7O2/c26-22-15-28-24(30-23(22)33-7-10-34-11-8-33)32-29-14-18-3-4-19(13-27-18)31-25-6-1-2-20(21(25)12-25)17-5-9-35-16-17/h1-4,6,13-15,17,21,31H,5,7-12,16H2,(H,28,30,32)/b29-14+. The van der Waals surface area contributed by atoms with Crippen LogP contribution in [0.4, 0.5) is 21.8 Å². The molecule has 1 saturated carbocycles. The Morgan fingerprint density at radius 3 is 2.86 bits per heavy atom. The molecule has 4 aliphatic rings. The van der Waals surface area contributed by atoms with Gasteiger partial charge in [0, 0.05) is 31.5 Å². The molecule has 35 heavy (non-hydrogen) atoms. The Kier molecular flexibility index (Phi) is 5.91. The summed E-state index contributed by atoms with van der Waals surface area (Å²) >= 11 is 0. The highest BCUT2D eigenvalue weighted by Crippen LogP contribution is 2.56. The van der Waals surface area contributed by atoms with Gasteiger partial charge in [0.1, 0.15) is 0 Å². The van der Waals surface area contributed by atoms with Gasteiger partial charge in [-0.1, -0.05) is 23.8 Å². The van der Waals surface area contributed by atoms with Crippen LogP contribution in [-0.4, -0.2) is 66.2 Å². The van der Waals surface area contributed by atoms with Crippen molar-refractivity contribution in [2.75, 3.05) is 55.2 Å². The Bertz CT molecular complexity index is 1160. The summed E-state index contributed by atoms with van der Waals surface area (Å²) in [5.41, 5.74) is 5.93. The first-order chi connectivity index (χ1) is 17.2. The number of pyridine rings is 1. The number of rotatable bonds is 7. The Hall–Kier alpha value is -3.37. The van der Waals surface area contributed by atoms with Crippen molar-refractivity contribution in [3.05, 3.63) is 59.8 Å². The predicted molar refractivity (Wildman–Crippen MR) is 131 cm³/mol. The lowest BCUT2D eigenvalue weighted by Crippen LogP contribution is -2.37. The fourth-order valence-electron chi connectivity index (χ4n) is 5.11. The molecule has 10 heteroatoms. The minimum absolute atomic E-state index is 0.0103. The molecule has 0 spiro atoms. The molecule has 0 amide bonds. The SMILES string of the molecule is Fc1cnc(N/N=C/c2ccc(NC34C=CC=C(C5CCOC5)C3C4)cn2)nc1N1CCOCC1. The molecule has 2 aliphatic carbocycles. The maximum atomic E-state index is 14.2. The van der Waals surface area contributed by atoms with Crippen LogP contribution in [0, 0.1) is 17.7 Å². The molecule has 2 aromatic heterocycles. The zero-order valence-electron chi connectivity index (χ0n) is 19.4. The summed E-state index contributed by atoms with van der Waals surface area (Å²) in [6, 6.07) is 3.91. The summed E-state index contributed by atoms with van der Waals surface area (Å²) < 4.78 is 25.1. The van der Waals surface area contributed by atoms with E-state index in [1.807, 2.05) is 23.2 Å². The highest BCUT2D eigenvalue weighted by molar-refractivity contribution is 5.78. The Balaban J connectivity index is 1.06. The number of nitrogens with zero attached hydrogens (tertiary/aromatic N) is 5. The minimum Gasteiger partial charge on any atom is -0.381 e. The van der Waals surface area contributed by atoms with E-state index < -0.39 is 5.82 Å². The Morgan fingerprint density at radius 2 is 2.06 bits per heavy atom. The number of fused-ring (bicyclic) bond motifs is 1. The molecule has 9 nitrogen and oxygen atoms in total. The summed E-state index contributed by atoms with van der Waals surface area (Å²) in [6.07, 6.45) is 13.5. The molecule has 2 saturated heterocycles. The lowest BCUT2D eigenvalue weighted by molar-refractivity contribution is 0.122. The van der Waals surface area contributed by atoms with E-state index in [1.54, 1.807) is 6.21 Å². The van der Waals surface area contributed by atoms with E-state index in [2.05, 4.69) is 49.0 Å². The van der Waals surface area contributed by atoms with Crippen LogP contribution in [0.15, 0.2) is 53.4 Å². The third-order valence-electron chi connectivity index (χ3n) is 7.05. The molecular weight excluding hydrogens is 449 g/mol. The first-order valence-electron chi connectivity index (χ1n) is 12.1. The number of aromatic nitrogens is 3. The second-order valence-electron chi connectivity index (χ2n) is 9.31. The lowest BCUT2D eigenvalue weighted by atomic mass is 9.89. The first-order valence-corrected chi connectivity index (χ1v) is 12.1. The highest BCUT2D eigenvalue weighted by atomic mass is 19.1. The van der Waals surface area contributed by atoms with Crippen molar-refractivity contribution in [1.82, 2.24) is 15.0 Å².